The van der Waals surface area contributed by atoms with Gasteiger partial charge in [-0.05, 0) is 36.2 Å². The maximum atomic E-state index is 12.1. The van der Waals surface area contributed by atoms with Crippen LogP contribution in [0.25, 0.3) is 0 Å². The standard InChI is InChI=1S/C15H17N3O/c1-18(14-3-2-10-17-11-14)15(19)9-6-12-4-7-13(16)8-5-12/h2-5,7-8,10-11H,6,9,16H2,1H3. The summed E-state index contributed by atoms with van der Waals surface area (Å²) < 4.78 is 0. The smallest absolute Gasteiger partial charge is 0.227 e. The number of nitrogen functional groups attached to an aromatic ring is 1. The number of nitrogens with zero attached hydrogens (tertiary/aromatic N) is 2. The van der Waals surface area contributed by atoms with Crippen LogP contribution in [0.15, 0.2) is 48.8 Å². The van der Waals surface area contributed by atoms with Crippen LogP contribution in [0.3, 0.4) is 0 Å². The molecule has 0 atom stereocenters. The van der Waals surface area contributed by atoms with Crippen LogP contribution in [0.2, 0.25) is 0 Å². The molecule has 19 heavy (non-hydrogen) atoms. The van der Waals surface area contributed by atoms with Crippen molar-refractivity contribution in [3.8, 4) is 0 Å². The van der Waals surface area contributed by atoms with E-state index in [4.69, 9.17) is 5.73 Å². The van der Waals surface area contributed by atoms with Gasteiger partial charge in [-0.3, -0.25) is 9.78 Å². The van der Waals surface area contributed by atoms with Crippen molar-refractivity contribution in [2.24, 2.45) is 0 Å². The van der Waals surface area contributed by atoms with Crippen LogP contribution < -0.4 is 10.6 Å². The van der Waals surface area contributed by atoms with Gasteiger partial charge in [-0.25, -0.2) is 0 Å². The Morgan fingerprint density at radius 2 is 2.00 bits per heavy atom. The lowest BCUT2D eigenvalue weighted by molar-refractivity contribution is -0.118. The second-order valence-electron chi connectivity index (χ2n) is 4.41. The van der Waals surface area contributed by atoms with Crippen LogP contribution in [0.1, 0.15) is 12.0 Å². The SMILES string of the molecule is CN(C(=O)CCc1ccc(N)cc1)c1cccnc1. The summed E-state index contributed by atoms with van der Waals surface area (Å²) in [4.78, 5) is 17.7. The van der Waals surface area contributed by atoms with Gasteiger partial charge < -0.3 is 10.6 Å². The molecule has 0 fully saturated rings. The summed E-state index contributed by atoms with van der Waals surface area (Å²) in [6.07, 6.45) is 4.55. The van der Waals surface area contributed by atoms with Crippen molar-refractivity contribution in [3.63, 3.8) is 0 Å². The molecular weight excluding hydrogens is 238 g/mol. The quantitative estimate of drug-likeness (QED) is 0.852. The van der Waals surface area contributed by atoms with Gasteiger partial charge >= 0.3 is 0 Å². The summed E-state index contributed by atoms with van der Waals surface area (Å²) >= 11 is 0. The Bertz CT molecular complexity index is 537. The minimum Gasteiger partial charge on any atom is -0.399 e. The first kappa shape index (κ1) is 13.1. The first-order valence-corrected chi connectivity index (χ1v) is 6.18. The number of amides is 1. The molecule has 1 aromatic heterocycles. The second-order valence-corrected chi connectivity index (χ2v) is 4.41. The molecule has 2 aromatic rings. The normalized spacial score (nSPS) is 10.2. The molecule has 1 aromatic carbocycles. The van der Waals surface area contributed by atoms with Crippen molar-refractivity contribution in [1.29, 1.82) is 0 Å². The highest BCUT2D eigenvalue weighted by atomic mass is 16.2. The summed E-state index contributed by atoms with van der Waals surface area (Å²) in [6, 6.07) is 11.3. The first-order valence-electron chi connectivity index (χ1n) is 6.18. The zero-order chi connectivity index (χ0) is 13.7. The number of benzene rings is 1. The van der Waals surface area contributed by atoms with E-state index in [-0.39, 0.29) is 5.91 Å². The zero-order valence-electron chi connectivity index (χ0n) is 10.9. The Morgan fingerprint density at radius 3 is 2.63 bits per heavy atom. The maximum absolute atomic E-state index is 12.1. The third kappa shape index (κ3) is 3.55. The summed E-state index contributed by atoms with van der Waals surface area (Å²) in [6.45, 7) is 0. The molecule has 1 amide bonds. The minimum atomic E-state index is 0.0739. The van der Waals surface area contributed by atoms with Gasteiger partial charge in [-0.15, -0.1) is 0 Å². The van der Waals surface area contributed by atoms with Gasteiger partial charge in [0, 0.05) is 25.4 Å². The molecule has 0 saturated heterocycles. The summed E-state index contributed by atoms with van der Waals surface area (Å²) in [5.41, 5.74) is 8.29. The second kappa shape index (κ2) is 6.00. The number of aromatic nitrogens is 1. The van der Waals surface area contributed by atoms with Crippen molar-refractivity contribution in [1.82, 2.24) is 4.98 Å². The highest BCUT2D eigenvalue weighted by Gasteiger charge is 2.10. The minimum absolute atomic E-state index is 0.0739. The number of hydrogen-bond donors (Lipinski definition) is 1. The molecule has 4 heteroatoms. The van der Waals surface area contributed by atoms with Gasteiger partial charge in [-0.1, -0.05) is 12.1 Å². The molecule has 0 bridgehead atoms. The van der Waals surface area contributed by atoms with Crippen LogP contribution in [-0.4, -0.2) is 17.9 Å². The lowest BCUT2D eigenvalue weighted by Gasteiger charge is -2.16. The van der Waals surface area contributed by atoms with E-state index in [0.717, 1.165) is 16.9 Å². The third-order valence-corrected chi connectivity index (χ3v) is 3.01. The van der Waals surface area contributed by atoms with E-state index < -0.39 is 0 Å². The Labute approximate surface area is 112 Å². The Hall–Kier alpha value is -2.36. The average Bonchev–Trinajstić information content (AvgIpc) is 2.46. The van der Waals surface area contributed by atoms with E-state index in [1.807, 2.05) is 36.4 Å². The Kier molecular flexibility index (Phi) is 4.13. The summed E-state index contributed by atoms with van der Waals surface area (Å²) in [7, 11) is 1.77. The lowest BCUT2D eigenvalue weighted by atomic mass is 10.1. The lowest BCUT2D eigenvalue weighted by Crippen LogP contribution is -2.26. The predicted molar refractivity (Wildman–Crippen MR) is 76.8 cm³/mol. The molecule has 98 valence electrons. The van der Waals surface area contributed by atoms with Crippen LogP contribution >= 0.6 is 0 Å². The number of carbonyl (C=O) groups excluding carboxylic acids is 1. The monoisotopic (exact) mass is 255 g/mol. The van der Waals surface area contributed by atoms with E-state index in [1.54, 1.807) is 24.3 Å². The third-order valence-electron chi connectivity index (χ3n) is 3.01. The van der Waals surface area contributed by atoms with E-state index in [2.05, 4.69) is 4.98 Å². The first-order chi connectivity index (χ1) is 9.16. The topological polar surface area (TPSA) is 59.2 Å². The molecule has 2 N–H and O–H groups in total. The fourth-order valence-corrected chi connectivity index (χ4v) is 1.80. The van der Waals surface area contributed by atoms with Crippen molar-refractivity contribution >= 4 is 17.3 Å². The number of carbonyl (C=O) groups is 1. The van der Waals surface area contributed by atoms with Crippen LogP contribution in [0.4, 0.5) is 11.4 Å². The molecule has 0 spiro atoms. The average molecular weight is 255 g/mol. The molecule has 0 aliphatic heterocycles. The molecule has 0 aliphatic rings. The van der Waals surface area contributed by atoms with Crippen molar-refractivity contribution in [2.75, 3.05) is 17.7 Å². The highest BCUT2D eigenvalue weighted by molar-refractivity contribution is 5.92. The summed E-state index contributed by atoms with van der Waals surface area (Å²) in [5, 5.41) is 0. The molecule has 0 radical (unpaired) electrons. The molecule has 1 heterocycles. The van der Waals surface area contributed by atoms with Crippen molar-refractivity contribution < 1.29 is 4.79 Å². The number of hydrogen-bond acceptors (Lipinski definition) is 3. The maximum Gasteiger partial charge on any atom is 0.227 e. The molecule has 0 saturated carbocycles. The predicted octanol–water partition coefficient (Wildman–Crippen LogP) is 2.26. The van der Waals surface area contributed by atoms with Crippen LogP contribution in [-0.2, 0) is 11.2 Å². The number of rotatable bonds is 4. The molecule has 4 nitrogen and oxygen atoms in total. The van der Waals surface area contributed by atoms with Crippen molar-refractivity contribution in [2.45, 2.75) is 12.8 Å². The molecule has 2 rings (SSSR count). The van der Waals surface area contributed by atoms with E-state index in [9.17, 15) is 4.79 Å². The zero-order valence-corrected chi connectivity index (χ0v) is 10.9. The van der Waals surface area contributed by atoms with Gasteiger partial charge in [0.05, 0.1) is 11.9 Å². The van der Waals surface area contributed by atoms with Gasteiger partial charge in [-0.2, -0.15) is 0 Å². The van der Waals surface area contributed by atoms with Gasteiger partial charge in [0.2, 0.25) is 5.91 Å². The largest absolute Gasteiger partial charge is 0.399 e. The van der Waals surface area contributed by atoms with Crippen LogP contribution in [0, 0.1) is 0 Å². The molecule has 0 unspecified atom stereocenters. The van der Waals surface area contributed by atoms with Gasteiger partial charge in [0.1, 0.15) is 0 Å². The van der Waals surface area contributed by atoms with Gasteiger partial charge in [0.25, 0.3) is 0 Å². The van der Waals surface area contributed by atoms with Gasteiger partial charge in [0.15, 0.2) is 0 Å². The Morgan fingerprint density at radius 1 is 1.26 bits per heavy atom. The number of pyridine rings is 1. The van der Waals surface area contributed by atoms with E-state index in [1.165, 1.54) is 0 Å². The number of aryl methyl sites for hydroxylation is 1. The summed E-state index contributed by atoms with van der Waals surface area (Å²) in [5.74, 6) is 0.0739. The highest BCUT2D eigenvalue weighted by Crippen LogP contribution is 2.13. The van der Waals surface area contributed by atoms with Crippen LogP contribution in [0.5, 0.6) is 0 Å². The fraction of sp³-hybridized carbons (Fsp3) is 0.200. The number of nitrogens with two attached hydrogens (primary N) is 1. The van der Waals surface area contributed by atoms with E-state index >= 15 is 0 Å². The molecular formula is C15H17N3O. The Balaban J connectivity index is 1.93. The van der Waals surface area contributed by atoms with Crippen molar-refractivity contribution in [3.05, 3.63) is 54.4 Å². The van der Waals surface area contributed by atoms with E-state index in [0.29, 0.717) is 12.8 Å². The molecule has 0 aliphatic carbocycles. The fourth-order valence-electron chi connectivity index (χ4n) is 1.80. The number of anilines is 2.